The molecular weight excluding hydrogens is 701 g/mol. The average Bonchev–Trinajstić information content (AvgIpc) is 3.62. The highest BCUT2D eigenvalue weighted by Gasteiger charge is 2.36. The highest BCUT2D eigenvalue weighted by Crippen LogP contribution is 2.53. The van der Waals surface area contributed by atoms with Crippen LogP contribution >= 0.6 is 0 Å². The van der Waals surface area contributed by atoms with Gasteiger partial charge in [-0.2, -0.15) is 0 Å². The van der Waals surface area contributed by atoms with E-state index in [4.69, 9.17) is 0 Å². The molecule has 58 heavy (non-hydrogen) atoms. The Balaban J connectivity index is 0.882. The maximum absolute atomic E-state index is 2.52. The van der Waals surface area contributed by atoms with Crippen LogP contribution in [0.5, 0.6) is 0 Å². The number of benzene rings is 8. The summed E-state index contributed by atoms with van der Waals surface area (Å²) in [5, 5.41) is 2.63. The van der Waals surface area contributed by atoms with E-state index in [-0.39, 0.29) is 5.41 Å². The van der Waals surface area contributed by atoms with Crippen LogP contribution in [0.4, 0.5) is 28.4 Å². The Morgan fingerprint density at radius 3 is 1.97 bits per heavy atom. The largest absolute Gasteiger partial charge is 0.341 e. The predicted octanol–water partition coefficient (Wildman–Crippen LogP) is 15.0. The smallest absolute Gasteiger partial charge is 0.0534 e. The van der Waals surface area contributed by atoms with E-state index in [1.54, 1.807) is 0 Å². The summed E-state index contributed by atoms with van der Waals surface area (Å²) in [7, 11) is 0. The van der Waals surface area contributed by atoms with E-state index in [2.05, 4.69) is 206 Å². The fraction of sp³-hybridized carbons (Fsp3) is 0.107. The zero-order valence-electron chi connectivity index (χ0n) is 32.8. The monoisotopic (exact) mass is 742 g/mol. The number of anilines is 5. The molecule has 8 aromatic carbocycles. The van der Waals surface area contributed by atoms with E-state index in [1.807, 2.05) is 0 Å². The van der Waals surface area contributed by atoms with E-state index in [9.17, 15) is 0 Å². The fourth-order valence-electron chi connectivity index (χ4n) is 10.4. The van der Waals surface area contributed by atoms with Gasteiger partial charge in [0.15, 0.2) is 0 Å². The summed E-state index contributed by atoms with van der Waals surface area (Å²) in [5.41, 5.74) is 23.2. The SMILES string of the molecule is CC1(C)c2cc(C=Cc3ccc4c5c(cccc35)-c3cc(N5c6ccccc6C=Cc6ccccc65)ccc3-4)ccc2-c2ccc(N3CCCc4ccccc43)cc21. The third-order valence-corrected chi connectivity index (χ3v) is 13.3. The molecule has 0 fully saturated rings. The van der Waals surface area contributed by atoms with Gasteiger partial charge in [0.25, 0.3) is 0 Å². The predicted molar refractivity (Wildman–Crippen MR) is 247 cm³/mol. The first-order valence-corrected chi connectivity index (χ1v) is 20.7. The number of rotatable bonds is 4. The first-order chi connectivity index (χ1) is 28.5. The molecule has 2 heterocycles. The van der Waals surface area contributed by atoms with Crippen molar-refractivity contribution in [3.05, 3.63) is 197 Å². The standard InChI is InChI=1S/C56H42N2/c1-56(2)50-33-36(21-28-45(50)46-31-26-41(35-51(46)56)57-32-10-14-38-11-3-6-17-52(38)57)20-22-37-25-29-48-44-30-27-42(34-49(44)47-16-9-15-43(37)55(47)48)58-53-18-7-4-12-39(53)23-24-40-13-5-8-19-54(40)58/h3-9,11-13,15-31,33-35H,10,14,32H2,1-2H3. The van der Waals surface area contributed by atoms with Gasteiger partial charge in [-0.1, -0.05) is 153 Å². The van der Waals surface area contributed by atoms with Gasteiger partial charge in [-0.3, -0.25) is 0 Å². The molecule has 0 atom stereocenters. The molecule has 2 heteroatoms. The van der Waals surface area contributed by atoms with Crippen LogP contribution in [0.25, 0.3) is 68.5 Å². The van der Waals surface area contributed by atoms with Crippen LogP contribution in [0.1, 0.15) is 59.2 Å². The highest BCUT2D eigenvalue weighted by atomic mass is 15.2. The molecule has 0 radical (unpaired) electrons. The topological polar surface area (TPSA) is 6.48 Å². The summed E-state index contributed by atoms with van der Waals surface area (Å²) in [5.74, 6) is 0. The van der Waals surface area contributed by atoms with E-state index in [1.165, 1.54) is 118 Å². The van der Waals surface area contributed by atoms with Crippen LogP contribution in [0, 0.1) is 0 Å². The van der Waals surface area contributed by atoms with Crippen molar-refractivity contribution in [1.29, 1.82) is 0 Å². The number of aryl methyl sites for hydroxylation is 1. The van der Waals surface area contributed by atoms with Gasteiger partial charge in [-0.05, 0) is 138 Å². The van der Waals surface area contributed by atoms with Gasteiger partial charge in [0.05, 0.1) is 11.4 Å². The maximum atomic E-state index is 2.52. The van der Waals surface area contributed by atoms with E-state index in [0.717, 1.165) is 13.0 Å². The van der Waals surface area contributed by atoms with E-state index in [0.29, 0.717) is 0 Å². The summed E-state index contributed by atoms with van der Waals surface area (Å²) in [4.78, 5) is 4.94. The molecule has 0 saturated carbocycles. The fourth-order valence-corrected chi connectivity index (χ4v) is 10.4. The van der Waals surface area contributed by atoms with Gasteiger partial charge in [-0.15, -0.1) is 0 Å². The van der Waals surface area contributed by atoms with Crippen LogP contribution in [-0.4, -0.2) is 6.54 Å². The molecule has 0 amide bonds. The zero-order chi connectivity index (χ0) is 38.5. The molecule has 0 saturated heterocycles. The summed E-state index contributed by atoms with van der Waals surface area (Å²) >= 11 is 0. The Bertz CT molecular complexity index is 3040. The molecule has 0 aromatic heterocycles. The first kappa shape index (κ1) is 33.3. The normalized spacial score (nSPS) is 15.1. The van der Waals surface area contributed by atoms with Gasteiger partial charge < -0.3 is 9.80 Å². The van der Waals surface area contributed by atoms with Crippen molar-refractivity contribution in [2.24, 2.45) is 0 Å². The molecule has 0 spiro atoms. The lowest BCUT2D eigenvalue weighted by molar-refractivity contribution is 0.659. The summed E-state index contributed by atoms with van der Waals surface area (Å²) < 4.78 is 0. The molecule has 0 unspecified atom stereocenters. The Hall–Kier alpha value is -6.90. The van der Waals surface area contributed by atoms with Crippen molar-refractivity contribution in [2.75, 3.05) is 16.3 Å². The minimum atomic E-state index is -0.0968. The second kappa shape index (κ2) is 12.6. The van der Waals surface area contributed by atoms with Crippen molar-refractivity contribution in [3.8, 4) is 33.4 Å². The lowest BCUT2D eigenvalue weighted by Crippen LogP contribution is -2.25. The zero-order valence-corrected chi connectivity index (χ0v) is 32.8. The Labute approximate surface area is 340 Å². The van der Waals surface area contributed by atoms with Crippen molar-refractivity contribution in [1.82, 2.24) is 0 Å². The molecule has 2 aliphatic carbocycles. The number of nitrogens with zero attached hydrogens (tertiary/aromatic N) is 2. The Kier molecular flexibility index (Phi) is 7.20. The van der Waals surface area contributed by atoms with Crippen molar-refractivity contribution in [3.63, 3.8) is 0 Å². The first-order valence-electron chi connectivity index (χ1n) is 20.7. The minimum Gasteiger partial charge on any atom is -0.341 e. The van der Waals surface area contributed by atoms with Gasteiger partial charge in [0.1, 0.15) is 0 Å². The van der Waals surface area contributed by atoms with Crippen LogP contribution in [0.3, 0.4) is 0 Å². The highest BCUT2D eigenvalue weighted by molar-refractivity contribution is 6.18. The molecule has 4 aliphatic rings. The molecule has 2 aliphatic heterocycles. The molecule has 0 bridgehead atoms. The minimum absolute atomic E-state index is 0.0968. The van der Waals surface area contributed by atoms with Crippen LogP contribution < -0.4 is 9.80 Å². The van der Waals surface area contributed by atoms with Crippen LogP contribution in [-0.2, 0) is 11.8 Å². The van der Waals surface area contributed by atoms with E-state index >= 15 is 0 Å². The summed E-state index contributed by atoms with van der Waals surface area (Å²) in [6, 6.07) is 59.0. The number of hydrogen-bond donors (Lipinski definition) is 0. The quantitative estimate of drug-likeness (QED) is 0.166. The van der Waals surface area contributed by atoms with E-state index < -0.39 is 0 Å². The maximum Gasteiger partial charge on any atom is 0.0534 e. The van der Waals surface area contributed by atoms with Crippen LogP contribution in [0.2, 0.25) is 0 Å². The number of para-hydroxylation sites is 3. The molecular formula is C56H42N2. The van der Waals surface area contributed by atoms with Gasteiger partial charge in [0, 0.05) is 29.0 Å². The molecule has 8 aromatic rings. The molecule has 2 nitrogen and oxygen atoms in total. The van der Waals surface area contributed by atoms with Crippen molar-refractivity contribution >= 4 is 63.5 Å². The number of fused-ring (bicyclic) bond motifs is 9. The molecule has 12 rings (SSSR count). The Morgan fingerprint density at radius 1 is 0.500 bits per heavy atom. The van der Waals surface area contributed by atoms with Crippen LogP contribution in [0.15, 0.2) is 158 Å². The average molecular weight is 743 g/mol. The van der Waals surface area contributed by atoms with Gasteiger partial charge in [0.2, 0.25) is 0 Å². The summed E-state index contributed by atoms with van der Waals surface area (Å²) in [6.07, 6.45) is 11.4. The third kappa shape index (κ3) is 4.91. The number of hydrogen-bond acceptors (Lipinski definition) is 2. The lowest BCUT2D eigenvalue weighted by atomic mass is 9.81. The third-order valence-electron chi connectivity index (χ3n) is 13.3. The molecule has 276 valence electrons. The van der Waals surface area contributed by atoms with Crippen molar-refractivity contribution in [2.45, 2.75) is 32.1 Å². The Morgan fingerprint density at radius 2 is 1.16 bits per heavy atom. The lowest BCUT2D eigenvalue weighted by Gasteiger charge is -2.32. The molecule has 0 N–H and O–H groups in total. The second-order valence-electron chi connectivity index (χ2n) is 16.8. The second-order valence-corrected chi connectivity index (χ2v) is 16.8. The van der Waals surface area contributed by atoms with Gasteiger partial charge in [-0.25, -0.2) is 0 Å². The van der Waals surface area contributed by atoms with Gasteiger partial charge >= 0.3 is 0 Å². The summed E-state index contributed by atoms with van der Waals surface area (Å²) in [6.45, 7) is 5.85. The van der Waals surface area contributed by atoms with Crippen molar-refractivity contribution < 1.29 is 0 Å².